The van der Waals surface area contributed by atoms with Crippen LogP contribution in [0, 0.1) is 11.8 Å². The van der Waals surface area contributed by atoms with Gasteiger partial charge in [-0.2, -0.15) is 0 Å². The first-order valence-electron chi connectivity index (χ1n) is 13.7. The molecule has 3 aliphatic rings. The lowest BCUT2D eigenvalue weighted by Gasteiger charge is -2.37. The number of aliphatic hydroxyl groups is 1. The highest BCUT2D eigenvalue weighted by atomic mass is 16.5. The van der Waals surface area contributed by atoms with Crippen LogP contribution in [0.3, 0.4) is 0 Å². The summed E-state index contributed by atoms with van der Waals surface area (Å²) in [5.41, 5.74) is -0.534. The fraction of sp³-hybridized carbons (Fsp3) is 0.500. The number of hydrogen-bond donors (Lipinski definition) is 3. The van der Waals surface area contributed by atoms with E-state index in [-0.39, 0.29) is 18.4 Å². The average molecular weight is 536 g/mol. The number of rotatable bonds is 10. The van der Waals surface area contributed by atoms with E-state index in [1.54, 1.807) is 31.4 Å². The fourth-order valence-electron chi connectivity index (χ4n) is 6.84. The molecule has 2 bridgehead atoms. The Labute approximate surface area is 228 Å². The van der Waals surface area contributed by atoms with Crippen molar-refractivity contribution < 1.29 is 29.0 Å². The number of carbonyl (C=O) groups excluding carboxylic acids is 3. The highest BCUT2D eigenvalue weighted by Gasteiger charge is 2.78. The van der Waals surface area contributed by atoms with E-state index in [0.717, 1.165) is 12.0 Å². The van der Waals surface area contributed by atoms with Crippen LogP contribution in [0.5, 0.6) is 5.75 Å². The van der Waals surface area contributed by atoms with Crippen LogP contribution in [0.15, 0.2) is 54.6 Å². The van der Waals surface area contributed by atoms with Crippen LogP contribution in [-0.4, -0.2) is 71.3 Å². The Morgan fingerprint density at radius 3 is 2.49 bits per heavy atom. The van der Waals surface area contributed by atoms with E-state index >= 15 is 0 Å². The molecule has 0 saturated carbocycles. The third-order valence-electron chi connectivity index (χ3n) is 8.57. The Bertz CT molecular complexity index is 1220. The third kappa shape index (κ3) is 4.57. The molecular weight excluding hydrogens is 498 g/mol. The van der Waals surface area contributed by atoms with Gasteiger partial charge >= 0.3 is 0 Å². The van der Waals surface area contributed by atoms with Gasteiger partial charge in [0.2, 0.25) is 17.7 Å². The lowest BCUT2D eigenvalue weighted by atomic mass is 9.66. The number of anilines is 1. The monoisotopic (exact) mass is 535 g/mol. The second kappa shape index (κ2) is 10.6. The first-order chi connectivity index (χ1) is 18.8. The minimum Gasteiger partial charge on any atom is -0.497 e. The number of hydrogen-bond acceptors (Lipinski definition) is 6. The number of nitrogens with zero attached hydrogens (tertiary/aromatic N) is 1. The molecule has 9 nitrogen and oxygen atoms in total. The van der Waals surface area contributed by atoms with Crippen LogP contribution in [-0.2, 0) is 25.5 Å². The van der Waals surface area contributed by atoms with Crippen molar-refractivity contribution in [2.75, 3.05) is 25.6 Å². The Hall–Kier alpha value is -3.43. The molecule has 208 valence electrons. The third-order valence-corrected chi connectivity index (χ3v) is 8.57. The van der Waals surface area contributed by atoms with E-state index in [2.05, 4.69) is 10.6 Å². The summed E-state index contributed by atoms with van der Waals surface area (Å²) in [5.74, 6) is -1.83. The number of amides is 3. The first-order valence-corrected chi connectivity index (χ1v) is 13.7. The van der Waals surface area contributed by atoms with Gasteiger partial charge in [0.05, 0.1) is 37.2 Å². The summed E-state index contributed by atoms with van der Waals surface area (Å²) >= 11 is 0. The Morgan fingerprint density at radius 1 is 1.13 bits per heavy atom. The highest BCUT2D eigenvalue weighted by Crippen LogP contribution is 2.63. The van der Waals surface area contributed by atoms with E-state index in [4.69, 9.17) is 9.47 Å². The van der Waals surface area contributed by atoms with Crippen molar-refractivity contribution in [1.82, 2.24) is 10.2 Å². The number of benzene rings is 2. The quantitative estimate of drug-likeness (QED) is 0.431. The average Bonchev–Trinajstić information content (AvgIpc) is 3.52. The molecule has 0 aliphatic carbocycles. The summed E-state index contributed by atoms with van der Waals surface area (Å²) in [6, 6.07) is 14.8. The van der Waals surface area contributed by atoms with Gasteiger partial charge in [-0.05, 0) is 62.4 Å². The first kappa shape index (κ1) is 27.1. The molecule has 1 spiro atoms. The largest absolute Gasteiger partial charge is 0.497 e. The molecule has 9 heteroatoms. The number of likely N-dealkylation sites (tertiary alicyclic amines) is 1. The number of fused-ring (bicyclic) bond motifs is 1. The van der Waals surface area contributed by atoms with Gasteiger partial charge in [0, 0.05) is 12.2 Å². The summed E-state index contributed by atoms with van der Waals surface area (Å²) in [4.78, 5) is 43.3. The normalized spacial score (nSPS) is 29.7. The summed E-state index contributed by atoms with van der Waals surface area (Å²) in [7, 11) is 1.57. The topological polar surface area (TPSA) is 117 Å². The maximum atomic E-state index is 14.3. The Kier molecular flexibility index (Phi) is 7.39. The molecule has 39 heavy (non-hydrogen) atoms. The maximum Gasteiger partial charge on any atom is 0.250 e. The van der Waals surface area contributed by atoms with E-state index < -0.39 is 41.0 Å². The van der Waals surface area contributed by atoms with E-state index in [0.29, 0.717) is 37.2 Å². The molecule has 6 atom stereocenters. The summed E-state index contributed by atoms with van der Waals surface area (Å²) in [5, 5.41) is 16.4. The molecule has 3 saturated heterocycles. The van der Waals surface area contributed by atoms with Crippen LogP contribution in [0.2, 0.25) is 0 Å². The van der Waals surface area contributed by atoms with Gasteiger partial charge in [-0.1, -0.05) is 37.3 Å². The fourth-order valence-corrected chi connectivity index (χ4v) is 6.84. The number of nitrogens with one attached hydrogen (secondary N) is 2. The maximum absolute atomic E-state index is 14.3. The summed E-state index contributed by atoms with van der Waals surface area (Å²) < 4.78 is 11.9. The van der Waals surface area contributed by atoms with Gasteiger partial charge in [0.15, 0.2) is 0 Å². The molecule has 3 amide bonds. The molecule has 3 N–H and O–H groups in total. The van der Waals surface area contributed by atoms with Crippen LogP contribution < -0.4 is 15.4 Å². The van der Waals surface area contributed by atoms with Crippen LogP contribution in [0.4, 0.5) is 5.69 Å². The van der Waals surface area contributed by atoms with E-state index in [1.807, 2.05) is 44.2 Å². The molecule has 0 radical (unpaired) electrons. The molecule has 2 aromatic carbocycles. The molecule has 3 aliphatic heterocycles. The van der Waals surface area contributed by atoms with Gasteiger partial charge in [0.25, 0.3) is 0 Å². The van der Waals surface area contributed by atoms with Gasteiger partial charge in [-0.25, -0.2) is 0 Å². The predicted octanol–water partition coefficient (Wildman–Crippen LogP) is 2.53. The van der Waals surface area contributed by atoms with Crippen molar-refractivity contribution in [2.45, 2.75) is 62.8 Å². The summed E-state index contributed by atoms with van der Waals surface area (Å²) in [6.07, 6.45) is 2.16. The van der Waals surface area contributed by atoms with Gasteiger partial charge < -0.3 is 30.1 Å². The van der Waals surface area contributed by atoms with Gasteiger partial charge in [-0.15, -0.1) is 0 Å². The molecule has 2 unspecified atom stereocenters. The number of carbonyl (C=O) groups is 3. The van der Waals surface area contributed by atoms with Gasteiger partial charge in [-0.3, -0.25) is 14.4 Å². The zero-order valence-electron chi connectivity index (χ0n) is 22.7. The number of ether oxygens (including phenoxy) is 2. The zero-order chi connectivity index (χ0) is 27.8. The van der Waals surface area contributed by atoms with Crippen molar-refractivity contribution in [2.24, 2.45) is 11.8 Å². The van der Waals surface area contributed by atoms with E-state index in [9.17, 15) is 19.5 Å². The SMILES string of the molecule is CCCNC(=O)[C@@H]1[C@H]2C(=O)N([C@@H](CO)Cc3ccccc3)C(C(=O)Nc3ccc(OC)cc3)C23CC[C@@]1(C)O3. The predicted molar refractivity (Wildman–Crippen MR) is 145 cm³/mol. The van der Waals surface area contributed by atoms with Crippen molar-refractivity contribution >= 4 is 23.4 Å². The van der Waals surface area contributed by atoms with Crippen LogP contribution >= 0.6 is 0 Å². The molecule has 5 rings (SSSR count). The van der Waals surface area contributed by atoms with E-state index in [1.165, 1.54) is 4.90 Å². The second-order valence-corrected chi connectivity index (χ2v) is 11.0. The smallest absolute Gasteiger partial charge is 0.250 e. The lowest BCUT2D eigenvalue weighted by Crippen LogP contribution is -2.57. The van der Waals surface area contributed by atoms with Gasteiger partial charge in [0.1, 0.15) is 17.4 Å². The molecule has 3 fully saturated rings. The van der Waals surface area contributed by atoms with Crippen molar-refractivity contribution in [1.29, 1.82) is 0 Å². The zero-order valence-corrected chi connectivity index (χ0v) is 22.7. The minimum atomic E-state index is -1.17. The molecule has 0 aromatic heterocycles. The van der Waals surface area contributed by atoms with Crippen molar-refractivity contribution in [3.05, 3.63) is 60.2 Å². The number of aliphatic hydroxyl groups excluding tert-OH is 1. The standard InChI is InChI=1S/C30H37N3O6/c1-4-16-31-26(35)23-24-28(37)33(21(18-34)17-19-8-6-5-7-9-19)25(30(24)15-14-29(23,2)39-30)27(36)32-20-10-12-22(38-3)13-11-20/h5-13,21,23-25,34H,4,14-18H2,1-3H3,(H,31,35)(H,32,36)/t21-,23+,24+,25?,29-,30?/m1/s1. The minimum absolute atomic E-state index is 0.223. The molecule has 3 heterocycles. The Balaban J connectivity index is 1.54. The van der Waals surface area contributed by atoms with Crippen LogP contribution in [0.1, 0.15) is 38.7 Å². The molecular formula is C30H37N3O6. The highest BCUT2D eigenvalue weighted by molar-refractivity contribution is 6.04. The van der Waals surface area contributed by atoms with Crippen molar-refractivity contribution in [3.8, 4) is 5.75 Å². The van der Waals surface area contributed by atoms with Crippen LogP contribution in [0.25, 0.3) is 0 Å². The lowest BCUT2D eigenvalue weighted by molar-refractivity contribution is -0.147. The molecule has 2 aromatic rings. The number of methoxy groups -OCH3 is 1. The van der Waals surface area contributed by atoms with Crippen molar-refractivity contribution in [3.63, 3.8) is 0 Å². The summed E-state index contributed by atoms with van der Waals surface area (Å²) in [6.45, 7) is 4.01. The second-order valence-electron chi connectivity index (χ2n) is 11.0. The Morgan fingerprint density at radius 2 is 1.85 bits per heavy atom.